The number of amides is 1. The van der Waals surface area contributed by atoms with Gasteiger partial charge in [-0.15, -0.1) is 0 Å². The normalized spacial score (nSPS) is 13.1. The van der Waals surface area contributed by atoms with E-state index in [2.05, 4.69) is 4.74 Å². The Hall–Kier alpha value is -1.40. The predicted molar refractivity (Wildman–Crippen MR) is 55.8 cm³/mol. The maximum absolute atomic E-state index is 12.2. The SMILES string of the molecule is COC(=O)[C@@H](CC(F)F)NC(=O)OC(C)(C)C. The van der Waals surface area contributed by atoms with Crippen LogP contribution in [0.3, 0.4) is 0 Å². The van der Waals surface area contributed by atoms with Crippen LogP contribution in [0.2, 0.25) is 0 Å². The number of carbonyl (C=O) groups is 2. The molecule has 100 valence electrons. The van der Waals surface area contributed by atoms with Crippen molar-refractivity contribution in [2.75, 3.05) is 7.11 Å². The van der Waals surface area contributed by atoms with Gasteiger partial charge in [0.05, 0.1) is 7.11 Å². The van der Waals surface area contributed by atoms with Gasteiger partial charge in [-0.2, -0.15) is 0 Å². The number of alkyl halides is 2. The summed E-state index contributed by atoms with van der Waals surface area (Å²) in [4.78, 5) is 22.4. The van der Waals surface area contributed by atoms with Gasteiger partial charge in [0.1, 0.15) is 11.6 Å². The molecule has 0 aliphatic carbocycles. The number of esters is 1. The van der Waals surface area contributed by atoms with E-state index in [1.165, 1.54) is 0 Å². The van der Waals surface area contributed by atoms with Crippen molar-refractivity contribution in [2.45, 2.75) is 45.3 Å². The van der Waals surface area contributed by atoms with E-state index in [9.17, 15) is 18.4 Å². The lowest BCUT2D eigenvalue weighted by atomic mass is 10.2. The molecule has 0 fully saturated rings. The number of alkyl carbamates (subject to hydrolysis) is 1. The van der Waals surface area contributed by atoms with Crippen LogP contribution in [0.15, 0.2) is 0 Å². The lowest BCUT2D eigenvalue weighted by molar-refractivity contribution is -0.144. The van der Waals surface area contributed by atoms with Gasteiger partial charge >= 0.3 is 12.1 Å². The minimum absolute atomic E-state index is 0.768. The maximum atomic E-state index is 12.2. The van der Waals surface area contributed by atoms with Crippen molar-refractivity contribution < 1.29 is 27.8 Å². The fraction of sp³-hybridized carbons (Fsp3) is 0.800. The molecule has 1 amide bonds. The molecule has 0 aromatic carbocycles. The molecule has 0 radical (unpaired) electrons. The molecule has 0 aliphatic heterocycles. The molecular formula is C10H17F2NO4. The van der Waals surface area contributed by atoms with Crippen LogP contribution in [0, 0.1) is 0 Å². The van der Waals surface area contributed by atoms with Gasteiger partial charge in [-0.1, -0.05) is 0 Å². The van der Waals surface area contributed by atoms with Gasteiger partial charge < -0.3 is 14.8 Å². The molecule has 0 aliphatic rings. The Balaban J connectivity index is 4.43. The average molecular weight is 253 g/mol. The Kier molecular flexibility index (Phi) is 5.84. The van der Waals surface area contributed by atoms with Crippen LogP contribution in [0.5, 0.6) is 0 Å². The number of carbonyl (C=O) groups excluding carboxylic acids is 2. The van der Waals surface area contributed by atoms with Crippen molar-refractivity contribution in [1.29, 1.82) is 0 Å². The van der Waals surface area contributed by atoms with Gasteiger partial charge in [0.25, 0.3) is 0 Å². The number of hydrogen-bond acceptors (Lipinski definition) is 4. The van der Waals surface area contributed by atoms with E-state index in [1.54, 1.807) is 20.8 Å². The highest BCUT2D eigenvalue weighted by atomic mass is 19.3. The van der Waals surface area contributed by atoms with Crippen LogP contribution in [0.4, 0.5) is 13.6 Å². The molecule has 0 saturated carbocycles. The Morgan fingerprint density at radius 3 is 2.18 bits per heavy atom. The topological polar surface area (TPSA) is 64.6 Å². The van der Waals surface area contributed by atoms with E-state index < -0.39 is 36.6 Å². The molecule has 0 rings (SSSR count). The van der Waals surface area contributed by atoms with Crippen LogP contribution in [-0.2, 0) is 14.3 Å². The smallest absolute Gasteiger partial charge is 0.408 e. The van der Waals surface area contributed by atoms with Gasteiger partial charge in [-0.3, -0.25) is 0 Å². The summed E-state index contributed by atoms with van der Waals surface area (Å²) in [6.45, 7) is 4.85. The fourth-order valence-electron chi connectivity index (χ4n) is 0.984. The zero-order chi connectivity index (χ0) is 13.6. The van der Waals surface area contributed by atoms with Crippen LogP contribution in [0.1, 0.15) is 27.2 Å². The Morgan fingerprint density at radius 1 is 1.29 bits per heavy atom. The third kappa shape index (κ3) is 7.48. The van der Waals surface area contributed by atoms with E-state index >= 15 is 0 Å². The summed E-state index contributed by atoms with van der Waals surface area (Å²) >= 11 is 0. The third-order valence-corrected chi connectivity index (χ3v) is 1.59. The molecular weight excluding hydrogens is 236 g/mol. The largest absolute Gasteiger partial charge is 0.467 e. The molecule has 0 saturated heterocycles. The molecule has 0 spiro atoms. The summed E-state index contributed by atoms with van der Waals surface area (Å²) in [5.41, 5.74) is -0.768. The molecule has 0 unspecified atom stereocenters. The minimum Gasteiger partial charge on any atom is -0.467 e. The lowest BCUT2D eigenvalue weighted by Gasteiger charge is -2.22. The average Bonchev–Trinajstić information content (AvgIpc) is 2.11. The van der Waals surface area contributed by atoms with Crippen LogP contribution in [-0.4, -0.2) is 37.2 Å². The summed E-state index contributed by atoms with van der Waals surface area (Å²) < 4.78 is 33.5. The molecule has 17 heavy (non-hydrogen) atoms. The highest BCUT2D eigenvalue weighted by Gasteiger charge is 2.27. The Morgan fingerprint density at radius 2 is 1.82 bits per heavy atom. The fourth-order valence-corrected chi connectivity index (χ4v) is 0.984. The standard InChI is InChI=1S/C10H17F2NO4/c1-10(2,3)17-9(15)13-6(5-7(11)12)8(14)16-4/h6-7H,5H2,1-4H3,(H,13,15)/t6-/m1/s1. The van der Waals surface area contributed by atoms with Gasteiger partial charge in [0.15, 0.2) is 0 Å². The molecule has 1 atom stereocenters. The minimum atomic E-state index is -2.73. The molecule has 0 bridgehead atoms. The highest BCUT2D eigenvalue weighted by Crippen LogP contribution is 2.09. The van der Waals surface area contributed by atoms with E-state index in [4.69, 9.17) is 4.74 Å². The van der Waals surface area contributed by atoms with Gasteiger partial charge in [0.2, 0.25) is 6.43 Å². The quantitative estimate of drug-likeness (QED) is 0.774. The molecule has 0 aromatic rings. The van der Waals surface area contributed by atoms with Gasteiger partial charge in [-0.05, 0) is 20.8 Å². The summed E-state index contributed by atoms with van der Waals surface area (Å²) in [5, 5.41) is 2.04. The summed E-state index contributed by atoms with van der Waals surface area (Å²) in [5.74, 6) is -0.934. The first kappa shape index (κ1) is 15.6. The van der Waals surface area contributed by atoms with Crippen molar-refractivity contribution >= 4 is 12.1 Å². The highest BCUT2D eigenvalue weighted by molar-refractivity contribution is 5.81. The Bertz CT molecular complexity index is 276. The zero-order valence-electron chi connectivity index (χ0n) is 10.3. The zero-order valence-corrected chi connectivity index (χ0v) is 10.3. The molecule has 5 nitrogen and oxygen atoms in total. The first-order valence-corrected chi connectivity index (χ1v) is 5.01. The number of nitrogens with one attached hydrogen (secondary N) is 1. The van der Waals surface area contributed by atoms with Crippen molar-refractivity contribution in [1.82, 2.24) is 5.32 Å². The lowest BCUT2D eigenvalue weighted by Crippen LogP contribution is -2.44. The van der Waals surface area contributed by atoms with Crippen molar-refractivity contribution in [2.24, 2.45) is 0 Å². The van der Waals surface area contributed by atoms with Crippen molar-refractivity contribution in [3.8, 4) is 0 Å². The number of rotatable bonds is 4. The third-order valence-electron chi connectivity index (χ3n) is 1.59. The first-order chi connectivity index (χ1) is 7.65. The second-order valence-electron chi connectivity index (χ2n) is 4.35. The van der Waals surface area contributed by atoms with E-state index in [0.29, 0.717) is 0 Å². The van der Waals surface area contributed by atoms with Crippen LogP contribution >= 0.6 is 0 Å². The van der Waals surface area contributed by atoms with Crippen molar-refractivity contribution in [3.05, 3.63) is 0 Å². The van der Waals surface area contributed by atoms with Crippen LogP contribution < -0.4 is 5.32 Å². The molecule has 0 aromatic heterocycles. The van der Waals surface area contributed by atoms with Crippen LogP contribution in [0.25, 0.3) is 0 Å². The van der Waals surface area contributed by atoms with Gasteiger partial charge in [0, 0.05) is 6.42 Å². The van der Waals surface area contributed by atoms with E-state index in [1.807, 2.05) is 5.32 Å². The summed E-state index contributed by atoms with van der Waals surface area (Å²) in [6.07, 6.45) is -4.48. The Labute approximate surface area is 98.5 Å². The molecule has 0 heterocycles. The number of halogens is 2. The maximum Gasteiger partial charge on any atom is 0.408 e. The number of ether oxygens (including phenoxy) is 2. The molecule has 7 heteroatoms. The number of methoxy groups -OCH3 is 1. The second kappa shape index (κ2) is 6.36. The number of hydrogen-bond donors (Lipinski definition) is 1. The summed E-state index contributed by atoms with van der Waals surface area (Å²) in [6, 6.07) is -1.41. The predicted octanol–water partition coefficient (Wildman–Crippen LogP) is 1.71. The van der Waals surface area contributed by atoms with E-state index in [0.717, 1.165) is 7.11 Å². The molecule has 1 N–H and O–H groups in total. The van der Waals surface area contributed by atoms with Gasteiger partial charge in [-0.25, -0.2) is 18.4 Å². The monoisotopic (exact) mass is 253 g/mol. The van der Waals surface area contributed by atoms with Crippen molar-refractivity contribution in [3.63, 3.8) is 0 Å². The van der Waals surface area contributed by atoms with E-state index in [-0.39, 0.29) is 0 Å². The first-order valence-electron chi connectivity index (χ1n) is 5.01. The second-order valence-corrected chi connectivity index (χ2v) is 4.35. The summed E-state index contributed by atoms with van der Waals surface area (Å²) in [7, 11) is 1.05.